The second-order valence-electron chi connectivity index (χ2n) is 7.25. The van der Waals surface area contributed by atoms with Gasteiger partial charge in [0.2, 0.25) is 0 Å². The molecular weight excluding hydrogens is 242 g/mol. The van der Waals surface area contributed by atoms with Crippen LogP contribution in [-0.2, 0) is 4.74 Å². The van der Waals surface area contributed by atoms with Crippen molar-refractivity contribution in [2.24, 2.45) is 5.41 Å². The number of aliphatic hydroxyl groups excluding tert-OH is 1. The number of carbonyl (C=O) groups excluding carboxylic acids is 1. The van der Waals surface area contributed by atoms with Gasteiger partial charge in [0.25, 0.3) is 0 Å². The fraction of sp³-hybridized carbons (Fsp3) is 0.933. The first kappa shape index (κ1) is 14.6. The van der Waals surface area contributed by atoms with Gasteiger partial charge < -0.3 is 15.2 Å². The van der Waals surface area contributed by atoms with Crippen LogP contribution in [0.3, 0.4) is 0 Å². The van der Waals surface area contributed by atoms with Crippen LogP contribution < -0.4 is 5.32 Å². The lowest BCUT2D eigenvalue weighted by Crippen LogP contribution is -2.57. The van der Waals surface area contributed by atoms with Crippen molar-refractivity contribution >= 4 is 6.09 Å². The molecular formula is C15H27NO3. The predicted molar refractivity (Wildman–Crippen MR) is 73.9 cm³/mol. The third-order valence-electron chi connectivity index (χ3n) is 4.74. The summed E-state index contributed by atoms with van der Waals surface area (Å²) in [7, 11) is 0. The third-order valence-corrected chi connectivity index (χ3v) is 4.74. The number of amides is 1. The third kappa shape index (κ3) is 2.73. The molecule has 2 N–H and O–H groups in total. The number of hydrogen-bond donors (Lipinski definition) is 2. The molecule has 0 heterocycles. The molecule has 4 heteroatoms. The number of ether oxygens (including phenoxy) is 1. The molecule has 1 amide bonds. The van der Waals surface area contributed by atoms with E-state index in [2.05, 4.69) is 5.32 Å². The molecule has 0 aliphatic heterocycles. The molecule has 0 aromatic heterocycles. The Bertz CT molecular complexity index is 347. The van der Waals surface area contributed by atoms with E-state index in [-0.39, 0.29) is 23.2 Å². The lowest BCUT2D eigenvalue weighted by molar-refractivity contribution is 0.0138. The average molecular weight is 269 g/mol. The van der Waals surface area contributed by atoms with Gasteiger partial charge in [-0.3, -0.25) is 0 Å². The van der Waals surface area contributed by atoms with E-state index in [0.29, 0.717) is 0 Å². The minimum Gasteiger partial charge on any atom is -0.444 e. The van der Waals surface area contributed by atoms with Crippen molar-refractivity contribution in [2.75, 3.05) is 0 Å². The molecule has 110 valence electrons. The van der Waals surface area contributed by atoms with Gasteiger partial charge in [-0.1, -0.05) is 12.8 Å². The minimum atomic E-state index is -0.481. The first-order valence-electron chi connectivity index (χ1n) is 7.40. The first-order valence-corrected chi connectivity index (χ1v) is 7.40. The molecule has 0 aromatic carbocycles. The van der Waals surface area contributed by atoms with Gasteiger partial charge in [-0.15, -0.1) is 0 Å². The fourth-order valence-electron chi connectivity index (χ4n) is 3.66. The van der Waals surface area contributed by atoms with Crippen molar-refractivity contribution < 1.29 is 14.6 Å². The maximum absolute atomic E-state index is 12.1. The number of hydrogen-bond acceptors (Lipinski definition) is 3. The van der Waals surface area contributed by atoms with E-state index in [1.807, 2.05) is 27.7 Å². The van der Waals surface area contributed by atoms with Crippen LogP contribution in [0.1, 0.15) is 66.2 Å². The Morgan fingerprint density at radius 1 is 1.21 bits per heavy atom. The Morgan fingerprint density at radius 3 is 2.11 bits per heavy atom. The zero-order chi connectivity index (χ0) is 14.3. The van der Waals surface area contributed by atoms with Crippen LogP contribution in [0.4, 0.5) is 4.79 Å². The van der Waals surface area contributed by atoms with E-state index in [1.165, 1.54) is 0 Å². The van der Waals surface area contributed by atoms with Gasteiger partial charge in [0.1, 0.15) is 5.60 Å². The summed E-state index contributed by atoms with van der Waals surface area (Å²) >= 11 is 0. The molecule has 0 saturated heterocycles. The summed E-state index contributed by atoms with van der Waals surface area (Å²) in [5.41, 5.74) is -0.866. The van der Waals surface area contributed by atoms with E-state index >= 15 is 0 Å². The molecule has 2 aliphatic rings. The van der Waals surface area contributed by atoms with Crippen LogP contribution in [-0.4, -0.2) is 28.4 Å². The molecule has 1 atom stereocenters. The zero-order valence-electron chi connectivity index (χ0n) is 12.6. The average Bonchev–Trinajstić information content (AvgIpc) is 2.93. The quantitative estimate of drug-likeness (QED) is 0.828. The number of carbonyl (C=O) groups is 1. The second-order valence-corrected chi connectivity index (χ2v) is 7.25. The minimum absolute atomic E-state index is 0.125. The van der Waals surface area contributed by atoms with Crippen LogP contribution in [0.2, 0.25) is 0 Å². The molecule has 2 fully saturated rings. The van der Waals surface area contributed by atoms with Gasteiger partial charge >= 0.3 is 6.09 Å². The summed E-state index contributed by atoms with van der Waals surface area (Å²) in [6.45, 7) is 7.46. The van der Waals surface area contributed by atoms with Crippen LogP contribution >= 0.6 is 0 Å². The molecule has 4 nitrogen and oxygen atoms in total. The summed E-state index contributed by atoms with van der Waals surface area (Å²) in [5, 5.41) is 13.2. The molecule has 2 saturated carbocycles. The van der Waals surface area contributed by atoms with E-state index in [9.17, 15) is 9.90 Å². The molecule has 19 heavy (non-hydrogen) atoms. The van der Waals surface area contributed by atoms with Crippen LogP contribution in [0.5, 0.6) is 0 Å². The van der Waals surface area contributed by atoms with Gasteiger partial charge in [0.05, 0.1) is 11.6 Å². The monoisotopic (exact) mass is 269 g/mol. The lowest BCUT2D eigenvalue weighted by atomic mass is 9.76. The normalized spacial score (nSPS) is 25.7. The van der Waals surface area contributed by atoms with E-state index in [1.54, 1.807) is 0 Å². The lowest BCUT2D eigenvalue weighted by Gasteiger charge is -2.41. The number of nitrogens with one attached hydrogen (secondary N) is 1. The highest BCUT2D eigenvalue weighted by Crippen LogP contribution is 2.61. The number of rotatable bonds is 3. The maximum Gasteiger partial charge on any atom is 0.408 e. The SMILES string of the molecule is CC(O)C1(C2(NC(=O)OC(C)(C)C)CCCC2)CC1. The Hall–Kier alpha value is -0.770. The standard InChI is InChI=1S/C15H27NO3/c1-11(17)14(9-10-14)15(7-5-6-8-15)16-12(18)19-13(2,3)4/h11,17H,5-10H2,1-4H3,(H,16,18). The topological polar surface area (TPSA) is 58.6 Å². The van der Waals surface area contributed by atoms with Crippen molar-refractivity contribution in [3.05, 3.63) is 0 Å². The summed E-state index contributed by atoms with van der Waals surface area (Å²) in [5.74, 6) is 0. The Morgan fingerprint density at radius 2 is 1.74 bits per heavy atom. The van der Waals surface area contributed by atoms with Gasteiger partial charge in [-0.05, 0) is 53.4 Å². The Balaban J connectivity index is 2.11. The first-order chi connectivity index (χ1) is 8.71. The zero-order valence-corrected chi connectivity index (χ0v) is 12.6. The van der Waals surface area contributed by atoms with E-state index in [0.717, 1.165) is 38.5 Å². The van der Waals surface area contributed by atoms with Gasteiger partial charge in [0.15, 0.2) is 0 Å². The van der Waals surface area contributed by atoms with Crippen LogP contribution in [0.15, 0.2) is 0 Å². The van der Waals surface area contributed by atoms with E-state index in [4.69, 9.17) is 4.74 Å². The molecule has 2 aliphatic carbocycles. The van der Waals surface area contributed by atoms with Crippen molar-refractivity contribution in [1.29, 1.82) is 0 Å². The van der Waals surface area contributed by atoms with Gasteiger partial charge in [-0.25, -0.2) is 4.79 Å². The summed E-state index contributed by atoms with van der Waals surface area (Å²) in [4.78, 5) is 12.1. The number of alkyl carbamates (subject to hydrolysis) is 1. The molecule has 0 spiro atoms. The van der Waals surface area contributed by atoms with Crippen molar-refractivity contribution in [3.8, 4) is 0 Å². The van der Waals surface area contributed by atoms with Crippen LogP contribution in [0.25, 0.3) is 0 Å². The Labute approximate surface area is 115 Å². The molecule has 2 rings (SSSR count). The molecule has 1 unspecified atom stereocenters. The van der Waals surface area contributed by atoms with Crippen molar-refractivity contribution in [1.82, 2.24) is 5.32 Å². The maximum atomic E-state index is 12.1. The van der Waals surface area contributed by atoms with Crippen molar-refractivity contribution in [3.63, 3.8) is 0 Å². The summed E-state index contributed by atoms with van der Waals surface area (Å²) in [6.07, 6.45) is 5.42. The largest absolute Gasteiger partial charge is 0.444 e. The molecule has 0 aromatic rings. The number of aliphatic hydroxyl groups is 1. The Kier molecular flexibility index (Phi) is 3.58. The van der Waals surface area contributed by atoms with E-state index < -0.39 is 5.60 Å². The van der Waals surface area contributed by atoms with Crippen molar-refractivity contribution in [2.45, 2.75) is 83.5 Å². The predicted octanol–water partition coefficient (Wildman–Crippen LogP) is 2.98. The highest BCUT2D eigenvalue weighted by Gasteiger charge is 2.63. The molecule has 0 radical (unpaired) electrons. The summed E-state index contributed by atoms with van der Waals surface area (Å²) in [6, 6.07) is 0. The smallest absolute Gasteiger partial charge is 0.408 e. The second kappa shape index (κ2) is 4.65. The highest BCUT2D eigenvalue weighted by molar-refractivity contribution is 5.69. The molecule has 0 bridgehead atoms. The van der Waals surface area contributed by atoms with Gasteiger partial charge in [0, 0.05) is 5.41 Å². The van der Waals surface area contributed by atoms with Gasteiger partial charge in [-0.2, -0.15) is 0 Å². The fourth-order valence-corrected chi connectivity index (χ4v) is 3.66. The highest BCUT2D eigenvalue weighted by atomic mass is 16.6. The van der Waals surface area contributed by atoms with Crippen LogP contribution in [0, 0.1) is 5.41 Å². The summed E-state index contributed by atoms with van der Waals surface area (Å²) < 4.78 is 5.40.